The molecule has 0 spiro atoms. The van der Waals surface area contributed by atoms with Crippen LogP contribution in [-0.4, -0.2) is 69.4 Å². The van der Waals surface area contributed by atoms with Crippen molar-refractivity contribution >= 4 is 11.7 Å². The molecule has 4 rings (SSSR count). The van der Waals surface area contributed by atoms with Crippen molar-refractivity contribution in [2.45, 2.75) is 19.9 Å². The molecule has 2 aromatic rings. The average Bonchev–Trinajstić information content (AvgIpc) is 3.11. The number of ether oxygens (including phenoxy) is 1. The number of rotatable bonds is 3. The second kappa shape index (κ2) is 6.87. The summed E-state index contributed by atoms with van der Waals surface area (Å²) in [5.74, 6) is 1.28. The van der Waals surface area contributed by atoms with Crippen molar-refractivity contribution in [1.82, 2.24) is 24.6 Å². The number of hydrogen-bond donors (Lipinski definition) is 0. The Bertz CT molecular complexity index is 944. The Kier molecular flexibility index (Phi) is 4.51. The second-order valence-electron chi connectivity index (χ2n) is 7.79. The van der Waals surface area contributed by atoms with Crippen LogP contribution in [0.2, 0.25) is 0 Å². The summed E-state index contributed by atoms with van der Waals surface area (Å²) in [6.45, 7) is 6.77. The lowest BCUT2D eigenvalue weighted by molar-refractivity contribution is -0.169. The molecule has 0 aromatic carbocycles. The number of aromatic nitrogens is 4. The molecule has 9 nitrogen and oxygen atoms in total. The van der Waals surface area contributed by atoms with E-state index in [1.165, 1.54) is 0 Å². The van der Waals surface area contributed by atoms with E-state index in [2.05, 4.69) is 26.0 Å². The SMILES string of the molecule is CC1CN(C(=O)C2(C)COC2)CCN1c1nc(-c2cnn(C)c2)ncc1C#N. The molecule has 4 heterocycles. The Morgan fingerprint density at radius 1 is 1.36 bits per heavy atom. The maximum atomic E-state index is 12.8. The molecule has 0 radical (unpaired) electrons. The van der Waals surface area contributed by atoms with Gasteiger partial charge < -0.3 is 14.5 Å². The molecule has 2 fully saturated rings. The molecule has 2 aliphatic rings. The van der Waals surface area contributed by atoms with Gasteiger partial charge >= 0.3 is 0 Å². The van der Waals surface area contributed by atoms with E-state index in [1.54, 1.807) is 17.1 Å². The van der Waals surface area contributed by atoms with E-state index in [4.69, 9.17) is 4.74 Å². The van der Waals surface area contributed by atoms with Gasteiger partial charge in [0.25, 0.3) is 0 Å². The van der Waals surface area contributed by atoms with E-state index >= 15 is 0 Å². The first kappa shape index (κ1) is 18.4. The Morgan fingerprint density at radius 3 is 2.71 bits per heavy atom. The van der Waals surface area contributed by atoms with Crippen molar-refractivity contribution in [1.29, 1.82) is 5.26 Å². The van der Waals surface area contributed by atoms with Gasteiger partial charge in [-0.05, 0) is 13.8 Å². The molecule has 0 N–H and O–H groups in total. The minimum Gasteiger partial charge on any atom is -0.379 e. The molecule has 0 bridgehead atoms. The first-order valence-electron chi connectivity index (χ1n) is 9.31. The summed E-state index contributed by atoms with van der Waals surface area (Å²) in [5.41, 5.74) is 0.827. The minimum absolute atomic E-state index is 0.0334. The van der Waals surface area contributed by atoms with Crippen LogP contribution in [-0.2, 0) is 16.6 Å². The summed E-state index contributed by atoms with van der Waals surface area (Å²) in [4.78, 5) is 25.8. The van der Waals surface area contributed by atoms with Crippen molar-refractivity contribution in [3.63, 3.8) is 0 Å². The molecule has 0 aliphatic carbocycles. The summed E-state index contributed by atoms with van der Waals surface area (Å²) < 4.78 is 6.93. The third-order valence-electron chi connectivity index (χ3n) is 5.40. The van der Waals surface area contributed by atoms with Gasteiger partial charge in [-0.3, -0.25) is 9.48 Å². The van der Waals surface area contributed by atoms with Crippen LogP contribution >= 0.6 is 0 Å². The number of nitriles is 1. The summed E-state index contributed by atoms with van der Waals surface area (Å²) in [6.07, 6.45) is 5.10. The first-order valence-corrected chi connectivity index (χ1v) is 9.31. The Balaban J connectivity index is 1.57. The molecule has 2 aliphatic heterocycles. The number of carbonyl (C=O) groups is 1. The third-order valence-corrected chi connectivity index (χ3v) is 5.40. The van der Waals surface area contributed by atoms with Crippen molar-refractivity contribution in [2.24, 2.45) is 12.5 Å². The topological polar surface area (TPSA) is 100 Å². The number of nitrogens with zero attached hydrogens (tertiary/aromatic N) is 7. The maximum absolute atomic E-state index is 12.8. The van der Waals surface area contributed by atoms with Gasteiger partial charge in [-0.15, -0.1) is 0 Å². The quantitative estimate of drug-likeness (QED) is 0.776. The molecule has 1 unspecified atom stereocenters. The summed E-state index contributed by atoms with van der Waals surface area (Å²) in [5, 5.41) is 13.7. The highest BCUT2D eigenvalue weighted by atomic mass is 16.5. The molecule has 146 valence electrons. The highest BCUT2D eigenvalue weighted by molar-refractivity contribution is 5.83. The molecule has 0 saturated carbocycles. The number of carbonyl (C=O) groups excluding carboxylic acids is 1. The van der Waals surface area contributed by atoms with Crippen molar-refractivity contribution in [2.75, 3.05) is 37.7 Å². The highest BCUT2D eigenvalue weighted by Gasteiger charge is 2.45. The largest absolute Gasteiger partial charge is 0.379 e. The van der Waals surface area contributed by atoms with Crippen LogP contribution < -0.4 is 4.90 Å². The van der Waals surface area contributed by atoms with Gasteiger partial charge in [-0.1, -0.05) is 0 Å². The number of anilines is 1. The predicted molar refractivity (Wildman–Crippen MR) is 101 cm³/mol. The molecule has 1 amide bonds. The van der Waals surface area contributed by atoms with Crippen LogP contribution in [0.1, 0.15) is 19.4 Å². The molecule has 2 aromatic heterocycles. The summed E-state index contributed by atoms with van der Waals surface area (Å²) in [7, 11) is 1.83. The fraction of sp³-hybridized carbons (Fsp3) is 0.526. The number of piperazine rings is 1. The van der Waals surface area contributed by atoms with E-state index in [-0.39, 0.29) is 11.9 Å². The van der Waals surface area contributed by atoms with Gasteiger partial charge in [0.1, 0.15) is 11.6 Å². The number of hydrogen-bond acceptors (Lipinski definition) is 7. The number of amides is 1. The first-order chi connectivity index (χ1) is 13.4. The summed E-state index contributed by atoms with van der Waals surface area (Å²) in [6, 6.07) is 2.22. The predicted octanol–water partition coefficient (Wildman–Crippen LogP) is 0.822. The van der Waals surface area contributed by atoms with E-state index in [9.17, 15) is 10.1 Å². The lowest BCUT2D eigenvalue weighted by Crippen LogP contribution is -2.60. The molecule has 28 heavy (non-hydrogen) atoms. The van der Waals surface area contributed by atoms with E-state index in [0.29, 0.717) is 50.1 Å². The van der Waals surface area contributed by atoms with E-state index in [0.717, 1.165) is 5.56 Å². The van der Waals surface area contributed by atoms with Crippen LogP contribution in [0.4, 0.5) is 5.82 Å². The Morgan fingerprint density at radius 2 is 2.14 bits per heavy atom. The normalized spacial score (nSPS) is 21.1. The minimum atomic E-state index is -0.401. The molecule has 1 atom stereocenters. The standard InChI is InChI=1S/C19H23N7O2/c1-13-9-25(18(27)19(2)11-28-12-19)4-5-26(13)17-14(6-20)7-21-16(23-17)15-8-22-24(3)10-15/h7-8,10,13H,4-5,9,11-12H2,1-3H3. The van der Waals surface area contributed by atoms with Crippen LogP contribution in [0.3, 0.4) is 0 Å². The number of aryl methyl sites for hydroxylation is 1. The average molecular weight is 381 g/mol. The van der Waals surface area contributed by atoms with Crippen LogP contribution in [0.5, 0.6) is 0 Å². The zero-order valence-electron chi connectivity index (χ0n) is 16.3. The zero-order chi connectivity index (χ0) is 19.9. The van der Waals surface area contributed by atoms with Gasteiger partial charge in [0.05, 0.1) is 36.6 Å². The molecule has 9 heteroatoms. The van der Waals surface area contributed by atoms with Gasteiger partial charge in [0.2, 0.25) is 5.91 Å². The highest BCUT2D eigenvalue weighted by Crippen LogP contribution is 2.31. The van der Waals surface area contributed by atoms with Crippen molar-refractivity contribution in [3.05, 3.63) is 24.2 Å². The van der Waals surface area contributed by atoms with Gasteiger partial charge in [0, 0.05) is 38.9 Å². The lowest BCUT2D eigenvalue weighted by atomic mass is 9.86. The zero-order valence-corrected chi connectivity index (χ0v) is 16.3. The molecular weight excluding hydrogens is 358 g/mol. The fourth-order valence-electron chi connectivity index (χ4n) is 3.72. The lowest BCUT2D eigenvalue weighted by Gasteiger charge is -2.46. The summed E-state index contributed by atoms with van der Waals surface area (Å²) >= 11 is 0. The smallest absolute Gasteiger partial charge is 0.233 e. The van der Waals surface area contributed by atoms with Crippen molar-refractivity contribution in [3.8, 4) is 17.5 Å². The van der Waals surface area contributed by atoms with Crippen LogP contribution in [0.25, 0.3) is 11.4 Å². The van der Waals surface area contributed by atoms with Crippen molar-refractivity contribution < 1.29 is 9.53 Å². The van der Waals surface area contributed by atoms with E-state index in [1.807, 2.05) is 32.0 Å². The third kappa shape index (κ3) is 3.10. The fourth-order valence-corrected chi connectivity index (χ4v) is 3.72. The maximum Gasteiger partial charge on any atom is 0.233 e. The van der Waals surface area contributed by atoms with E-state index < -0.39 is 5.41 Å². The Hall–Kier alpha value is -2.99. The van der Waals surface area contributed by atoms with Crippen LogP contribution in [0.15, 0.2) is 18.6 Å². The van der Waals surface area contributed by atoms with Gasteiger partial charge in [-0.25, -0.2) is 9.97 Å². The monoisotopic (exact) mass is 381 g/mol. The molecule has 2 saturated heterocycles. The second-order valence-corrected chi connectivity index (χ2v) is 7.79. The molecular formula is C19H23N7O2. The van der Waals surface area contributed by atoms with Crippen LogP contribution in [0, 0.1) is 16.7 Å². The van der Waals surface area contributed by atoms with Gasteiger partial charge in [0.15, 0.2) is 11.6 Å². The van der Waals surface area contributed by atoms with Gasteiger partial charge in [-0.2, -0.15) is 10.4 Å². The Labute approximate surface area is 163 Å².